The highest BCUT2D eigenvalue weighted by Gasteiger charge is 2.34. The van der Waals surface area contributed by atoms with E-state index in [2.05, 4.69) is 29.3 Å². The zero-order valence-electron chi connectivity index (χ0n) is 13.3. The minimum Gasteiger partial charge on any atom is -0.497 e. The van der Waals surface area contributed by atoms with Crippen LogP contribution in [0.3, 0.4) is 0 Å². The van der Waals surface area contributed by atoms with Crippen LogP contribution in [0.15, 0.2) is 24.3 Å². The highest BCUT2D eigenvalue weighted by Crippen LogP contribution is 2.31. The summed E-state index contributed by atoms with van der Waals surface area (Å²) in [4.78, 5) is 2.69. The molecule has 1 N–H and O–H groups in total. The monoisotopic (exact) mass is 288 g/mol. The van der Waals surface area contributed by atoms with Crippen LogP contribution in [-0.2, 0) is 6.42 Å². The molecule has 21 heavy (non-hydrogen) atoms. The Hall–Kier alpha value is -1.06. The van der Waals surface area contributed by atoms with Gasteiger partial charge in [0.05, 0.1) is 7.11 Å². The molecule has 0 amide bonds. The van der Waals surface area contributed by atoms with E-state index in [0.717, 1.165) is 24.1 Å². The van der Waals surface area contributed by atoms with Gasteiger partial charge in [-0.3, -0.25) is 0 Å². The summed E-state index contributed by atoms with van der Waals surface area (Å²) in [5.74, 6) is 1.79. The topological polar surface area (TPSA) is 24.5 Å². The number of methoxy groups -OCH3 is 1. The summed E-state index contributed by atoms with van der Waals surface area (Å²) in [7, 11) is 1.71. The Balaban J connectivity index is 1.38. The van der Waals surface area contributed by atoms with Crippen molar-refractivity contribution in [3.05, 3.63) is 29.8 Å². The first kappa shape index (κ1) is 14.9. The van der Waals surface area contributed by atoms with Crippen LogP contribution < -0.4 is 10.1 Å². The molecule has 1 aromatic carbocycles. The highest BCUT2D eigenvalue weighted by atomic mass is 16.5. The molecule has 1 saturated carbocycles. The first-order valence-corrected chi connectivity index (χ1v) is 8.35. The van der Waals surface area contributed by atoms with E-state index >= 15 is 0 Å². The molecule has 1 aliphatic heterocycles. The summed E-state index contributed by atoms with van der Waals surface area (Å²) in [6.45, 7) is 6.09. The van der Waals surface area contributed by atoms with Crippen LogP contribution in [0.4, 0.5) is 0 Å². The van der Waals surface area contributed by atoms with Crippen LogP contribution in [0.5, 0.6) is 5.75 Å². The van der Waals surface area contributed by atoms with Gasteiger partial charge >= 0.3 is 0 Å². The number of hydrogen-bond donors (Lipinski definition) is 1. The fourth-order valence-corrected chi connectivity index (χ4v) is 3.36. The molecule has 3 nitrogen and oxygen atoms in total. The largest absolute Gasteiger partial charge is 0.497 e. The maximum absolute atomic E-state index is 5.20. The number of nitrogens with one attached hydrogen (secondary N) is 1. The summed E-state index contributed by atoms with van der Waals surface area (Å²) in [5, 5.41) is 3.72. The smallest absolute Gasteiger partial charge is 0.118 e. The molecule has 2 aliphatic rings. The number of benzene rings is 1. The van der Waals surface area contributed by atoms with E-state index in [1.165, 1.54) is 44.5 Å². The SMILES string of the molecule is COc1ccc(CC(C)NCC2CCN(C3CC3)C2)cc1. The Kier molecular flexibility index (Phi) is 4.81. The van der Waals surface area contributed by atoms with Gasteiger partial charge in [-0.2, -0.15) is 0 Å². The second-order valence-electron chi connectivity index (χ2n) is 6.74. The number of ether oxygens (including phenoxy) is 1. The third-order valence-corrected chi connectivity index (χ3v) is 4.84. The Bertz CT molecular complexity index is 441. The second kappa shape index (κ2) is 6.80. The van der Waals surface area contributed by atoms with E-state index in [0.29, 0.717) is 6.04 Å². The standard InChI is InChI=1S/C18H28N2O/c1-14(11-15-3-7-18(21-2)8-4-15)19-12-16-9-10-20(13-16)17-5-6-17/h3-4,7-8,14,16-17,19H,5-6,9-13H2,1-2H3. The number of nitrogens with zero attached hydrogens (tertiary/aromatic N) is 1. The molecular formula is C18H28N2O. The van der Waals surface area contributed by atoms with Crippen molar-refractivity contribution in [2.24, 2.45) is 5.92 Å². The minimum absolute atomic E-state index is 0.536. The van der Waals surface area contributed by atoms with Gasteiger partial charge in [0.2, 0.25) is 0 Å². The van der Waals surface area contributed by atoms with Gasteiger partial charge in [0.15, 0.2) is 0 Å². The van der Waals surface area contributed by atoms with Gasteiger partial charge < -0.3 is 15.0 Å². The molecule has 1 aliphatic carbocycles. The van der Waals surface area contributed by atoms with Crippen LogP contribution in [0.25, 0.3) is 0 Å². The summed E-state index contributed by atoms with van der Waals surface area (Å²) < 4.78 is 5.20. The summed E-state index contributed by atoms with van der Waals surface area (Å²) in [5.41, 5.74) is 1.38. The second-order valence-corrected chi connectivity index (χ2v) is 6.74. The fraction of sp³-hybridized carbons (Fsp3) is 0.667. The molecule has 116 valence electrons. The van der Waals surface area contributed by atoms with Crippen molar-refractivity contribution < 1.29 is 4.74 Å². The maximum Gasteiger partial charge on any atom is 0.118 e. The summed E-state index contributed by atoms with van der Waals surface area (Å²) >= 11 is 0. The Morgan fingerprint density at radius 3 is 2.67 bits per heavy atom. The first-order chi connectivity index (χ1) is 10.2. The van der Waals surface area contributed by atoms with E-state index in [-0.39, 0.29) is 0 Å². The molecule has 3 heteroatoms. The van der Waals surface area contributed by atoms with Gasteiger partial charge in [-0.15, -0.1) is 0 Å². The lowest BCUT2D eigenvalue weighted by Gasteiger charge is -2.18. The highest BCUT2D eigenvalue weighted by molar-refractivity contribution is 5.27. The average Bonchev–Trinajstić information content (AvgIpc) is 3.25. The average molecular weight is 288 g/mol. The van der Waals surface area contributed by atoms with Crippen molar-refractivity contribution in [1.82, 2.24) is 10.2 Å². The quantitative estimate of drug-likeness (QED) is 0.835. The van der Waals surface area contributed by atoms with Crippen LogP contribution in [0, 0.1) is 5.92 Å². The zero-order chi connectivity index (χ0) is 14.7. The first-order valence-electron chi connectivity index (χ1n) is 8.35. The van der Waals surface area contributed by atoms with Crippen molar-refractivity contribution in [3.63, 3.8) is 0 Å². The normalized spacial score (nSPS) is 24.2. The lowest BCUT2D eigenvalue weighted by Crippen LogP contribution is -2.34. The third kappa shape index (κ3) is 4.21. The van der Waals surface area contributed by atoms with E-state index in [4.69, 9.17) is 4.74 Å². The molecule has 0 radical (unpaired) electrons. The van der Waals surface area contributed by atoms with Gasteiger partial charge in [-0.25, -0.2) is 0 Å². The van der Waals surface area contributed by atoms with Crippen LogP contribution in [-0.4, -0.2) is 43.7 Å². The molecule has 2 fully saturated rings. The minimum atomic E-state index is 0.536. The molecule has 1 saturated heterocycles. The van der Waals surface area contributed by atoms with Crippen molar-refractivity contribution in [1.29, 1.82) is 0 Å². The van der Waals surface area contributed by atoms with E-state index in [9.17, 15) is 0 Å². The van der Waals surface area contributed by atoms with Crippen molar-refractivity contribution in [3.8, 4) is 5.75 Å². The lowest BCUT2D eigenvalue weighted by molar-refractivity contribution is 0.309. The van der Waals surface area contributed by atoms with E-state index < -0.39 is 0 Å². The fourth-order valence-electron chi connectivity index (χ4n) is 3.36. The van der Waals surface area contributed by atoms with Crippen LogP contribution in [0.2, 0.25) is 0 Å². The maximum atomic E-state index is 5.20. The Morgan fingerprint density at radius 1 is 1.24 bits per heavy atom. The molecule has 2 atom stereocenters. The van der Waals surface area contributed by atoms with E-state index in [1.807, 2.05) is 12.1 Å². The number of hydrogen-bond acceptors (Lipinski definition) is 3. The summed E-state index contributed by atoms with van der Waals surface area (Å²) in [6.07, 6.45) is 5.34. The van der Waals surface area contributed by atoms with Gasteiger partial charge in [0.1, 0.15) is 5.75 Å². The molecule has 0 aromatic heterocycles. The molecule has 1 aromatic rings. The predicted octanol–water partition coefficient (Wildman–Crippen LogP) is 2.70. The summed E-state index contributed by atoms with van der Waals surface area (Å²) in [6, 6.07) is 9.90. The van der Waals surface area contributed by atoms with E-state index in [1.54, 1.807) is 7.11 Å². The van der Waals surface area contributed by atoms with Gasteiger partial charge in [0.25, 0.3) is 0 Å². The van der Waals surface area contributed by atoms with Gasteiger partial charge in [-0.1, -0.05) is 12.1 Å². The van der Waals surface area contributed by atoms with Crippen molar-refractivity contribution in [2.45, 2.75) is 44.7 Å². The molecule has 0 bridgehead atoms. The number of rotatable bonds is 7. The molecule has 1 heterocycles. The molecule has 3 rings (SSSR count). The van der Waals surface area contributed by atoms with Crippen LogP contribution in [0.1, 0.15) is 31.7 Å². The predicted molar refractivity (Wildman–Crippen MR) is 86.9 cm³/mol. The van der Waals surface area contributed by atoms with Gasteiger partial charge in [-0.05, 0) is 69.3 Å². The molecular weight excluding hydrogens is 260 g/mol. The Morgan fingerprint density at radius 2 is 2.00 bits per heavy atom. The van der Waals surface area contributed by atoms with Crippen LogP contribution >= 0.6 is 0 Å². The Labute approximate surface area is 128 Å². The lowest BCUT2D eigenvalue weighted by atomic mass is 10.1. The van der Waals surface area contributed by atoms with Gasteiger partial charge in [0, 0.05) is 18.6 Å². The zero-order valence-corrected chi connectivity index (χ0v) is 13.3. The third-order valence-electron chi connectivity index (χ3n) is 4.84. The number of likely N-dealkylation sites (tertiary alicyclic amines) is 1. The molecule has 2 unspecified atom stereocenters. The molecule has 0 spiro atoms. The van der Waals surface area contributed by atoms with Crippen molar-refractivity contribution >= 4 is 0 Å². The van der Waals surface area contributed by atoms with Crippen molar-refractivity contribution in [2.75, 3.05) is 26.7 Å².